The molecule has 0 saturated carbocycles. The maximum atomic E-state index is 5.29. The van der Waals surface area contributed by atoms with Crippen LogP contribution in [-0.2, 0) is 0 Å². The van der Waals surface area contributed by atoms with Gasteiger partial charge in [0.2, 0.25) is 0 Å². The third-order valence-corrected chi connectivity index (χ3v) is 25.9. The number of fused-ring (bicyclic) bond motifs is 18. The highest BCUT2D eigenvalue weighted by Gasteiger charge is 2.28. The fraction of sp³-hybridized carbons (Fsp3) is 0. The first-order valence-corrected chi connectivity index (χ1v) is 43.5. The minimum Gasteiger partial charge on any atom is -0.309 e. The molecule has 6 heterocycles. The Bertz CT molecular complexity index is 8930. The highest BCUT2D eigenvalue weighted by molar-refractivity contribution is 6.29. The molecule has 0 unspecified atom stereocenters. The van der Waals surface area contributed by atoms with Gasteiger partial charge in [-0.3, -0.25) is 0 Å². The lowest BCUT2D eigenvalue weighted by atomic mass is 9.92. The van der Waals surface area contributed by atoms with Crippen molar-refractivity contribution in [1.29, 1.82) is 0 Å². The fourth-order valence-corrected chi connectivity index (χ4v) is 20.2. The number of rotatable bonds is 13. The van der Waals surface area contributed by atoms with Gasteiger partial charge in [0.1, 0.15) is 0 Å². The standard InChI is InChI=1S/C118H72N10/c1-6-29-76(30-7-1)113-119-114(77-31-8-2-9-32-77)122-117(121-113)85-39-26-43-89(66-85)127-106-65-57-75-52-53-80(68-97(75)109(106)101-70-82-38-18-20-46-92(82)108(112(101)127)84-59-63-104-98(72-84)94-48-22-24-50-102(94)125(104)87-41-14-5-15-42-87)73-54-60-88(61-55-73)126-103-51-25-23-49-95(103)99-71-83(58-64-105(99)126)107-91-45-19-17-37-81(91)69-100-96-62-56-74-28-16-21-47-93(74)110(96)128(111(100)107)90-44-27-40-86(67-90)118-123-115(78-33-10-3-11-34-78)120-116(124-118)79-35-12-4-13-36-79/h1-72H. The molecule has 0 fully saturated rings. The Labute approximate surface area is 734 Å². The third kappa shape index (κ3) is 11.7. The number of hydrogen-bond donors (Lipinski definition) is 0. The van der Waals surface area contributed by atoms with Gasteiger partial charge in [-0.25, -0.2) is 29.9 Å². The van der Waals surface area contributed by atoms with Crippen LogP contribution in [0.5, 0.6) is 0 Å². The summed E-state index contributed by atoms with van der Waals surface area (Å²) in [5.74, 6) is 3.63. The van der Waals surface area contributed by atoms with E-state index in [2.05, 4.69) is 382 Å². The van der Waals surface area contributed by atoms with E-state index in [0.717, 1.165) is 188 Å². The molecule has 0 amide bonds. The Morgan fingerprint density at radius 3 is 1.00 bits per heavy atom. The van der Waals surface area contributed by atoms with Gasteiger partial charge in [-0.05, 0) is 169 Å². The largest absolute Gasteiger partial charge is 0.309 e. The lowest BCUT2D eigenvalue weighted by molar-refractivity contribution is 1.07. The first-order chi connectivity index (χ1) is 63.5. The van der Waals surface area contributed by atoms with Gasteiger partial charge >= 0.3 is 0 Å². The molecule has 0 radical (unpaired) electrons. The number of hydrogen-bond acceptors (Lipinski definition) is 6. The Morgan fingerprint density at radius 2 is 0.484 bits per heavy atom. The van der Waals surface area contributed by atoms with E-state index in [-0.39, 0.29) is 0 Å². The molecule has 0 aliphatic carbocycles. The van der Waals surface area contributed by atoms with Crippen LogP contribution in [0, 0.1) is 0 Å². The predicted molar refractivity (Wildman–Crippen MR) is 530 cm³/mol. The Kier molecular flexibility index (Phi) is 16.5. The molecule has 26 aromatic rings. The molecule has 10 nitrogen and oxygen atoms in total. The van der Waals surface area contributed by atoms with E-state index in [1.54, 1.807) is 0 Å². The van der Waals surface area contributed by atoms with Crippen LogP contribution in [0.1, 0.15) is 0 Å². The van der Waals surface area contributed by atoms with Crippen LogP contribution in [0.3, 0.4) is 0 Å². The van der Waals surface area contributed by atoms with Crippen molar-refractivity contribution in [3.8, 4) is 124 Å². The second-order valence-electron chi connectivity index (χ2n) is 33.2. The maximum Gasteiger partial charge on any atom is 0.164 e. The zero-order valence-corrected chi connectivity index (χ0v) is 69.0. The van der Waals surface area contributed by atoms with Gasteiger partial charge in [0.15, 0.2) is 34.9 Å². The molecule has 128 heavy (non-hydrogen) atoms. The maximum absolute atomic E-state index is 5.29. The molecule has 0 aliphatic heterocycles. The van der Waals surface area contributed by atoms with Gasteiger partial charge < -0.3 is 18.3 Å². The quantitative estimate of drug-likeness (QED) is 0.114. The molecule has 26 rings (SSSR count). The van der Waals surface area contributed by atoms with Gasteiger partial charge in [-0.2, -0.15) is 0 Å². The molecular formula is C118H72N10. The highest BCUT2D eigenvalue weighted by Crippen LogP contribution is 2.50. The van der Waals surface area contributed by atoms with E-state index in [1.807, 2.05) is 72.8 Å². The smallest absolute Gasteiger partial charge is 0.164 e. The van der Waals surface area contributed by atoms with Crippen LogP contribution in [0.25, 0.3) is 255 Å². The van der Waals surface area contributed by atoms with Crippen molar-refractivity contribution in [3.63, 3.8) is 0 Å². The molecule has 0 spiro atoms. The number of aromatic nitrogens is 10. The summed E-state index contributed by atoms with van der Waals surface area (Å²) < 4.78 is 9.86. The summed E-state index contributed by atoms with van der Waals surface area (Å²) >= 11 is 0. The van der Waals surface area contributed by atoms with Crippen LogP contribution >= 0.6 is 0 Å². The van der Waals surface area contributed by atoms with E-state index in [4.69, 9.17) is 29.9 Å². The fourth-order valence-electron chi connectivity index (χ4n) is 20.2. The van der Waals surface area contributed by atoms with Gasteiger partial charge in [0.05, 0.1) is 44.1 Å². The van der Waals surface area contributed by atoms with Crippen LogP contribution < -0.4 is 0 Å². The van der Waals surface area contributed by atoms with Crippen molar-refractivity contribution in [3.05, 3.63) is 437 Å². The molecular weight excluding hydrogens is 1560 g/mol. The van der Waals surface area contributed by atoms with Crippen molar-refractivity contribution >= 4 is 130 Å². The summed E-state index contributed by atoms with van der Waals surface area (Å²) in [5, 5.41) is 18.6. The SMILES string of the molecule is c1ccc(-c2nc(-c3ccccc3)nc(-c3cccc(-n4c5ccc6ccc(-c7ccc(-n8c9ccccc9c9cc(-c%10c%11ccccc%11cc%11c%12ccc%13ccccc%13c%12n(-c%12cccc(-c%13nc(-c%14ccccc%14)nc(-c%14ccccc%14)n%13)c%12)c%10%11)ccc98)cc7)cc6c5c5cc6ccccc6c(-c6ccc7c(c6)c6ccccc6n7-c6ccccc6)c54)c3)n2)cc1. The summed E-state index contributed by atoms with van der Waals surface area (Å²) in [4.78, 5) is 31.3. The van der Waals surface area contributed by atoms with Crippen molar-refractivity contribution in [2.24, 2.45) is 0 Å². The Balaban J connectivity index is 0.637. The van der Waals surface area contributed by atoms with E-state index in [1.165, 1.54) is 32.3 Å². The topological polar surface area (TPSA) is 97.1 Å². The second-order valence-corrected chi connectivity index (χ2v) is 33.2. The summed E-state index contributed by atoms with van der Waals surface area (Å²) in [6.45, 7) is 0. The van der Waals surface area contributed by atoms with Crippen molar-refractivity contribution < 1.29 is 0 Å². The molecule has 10 heteroatoms. The normalized spacial score (nSPS) is 11.9. The monoisotopic (exact) mass is 1630 g/mol. The first kappa shape index (κ1) is 72.3. The zero-order chi connectivity index (χ0) is 84.0. The average molecular weight is 1630 g/mol. The molecule has 594 valence electrons. The summed E-state index contributed by atoms with van der Waals surface area (Å²) in [6, 6.07) is 158. The van der Waals surface area contributed by atoms with Crippen LogP contribution in [0.2, 0.25) is 0 Å². The minimum atomic E-state index is 0.585. The van der Waals surface area contributed by atoms with Crippen molar-refractivity contribution in [1.82, 2.24) is 48.2 Å². The lowest BCUT2D eigenvalue weighted by Gasteiger charge is -2.16. The van der Waals surface area contributed by atoms with Crippen LogP contribution in [0.4, 0.5) is 0 Å². The van der Waals surface area contributed by atoms with Gasteiger partial charge in [0.25, 0.3) is 0 Å². The van der Waals surface area contributed by atoms with Gasteiger partial charge in [-0.1, -0.05) is 328 Å². The van der Waals surface area contributed by atoms with Crippen LogP contribution in [-0.4, -0.2) is 48.2 Å². The molecule has 0 atom stereocenters. The van der Waals surface area contributed by atoms with Crippen molar-refractivity contribution in [2.75, 3.05) is 0 Å². The van der Waals surface area contributed by atoms with Gasteiger partial charge in [0, 0.05) is 116 Å². The highest BCUT2D eigenvalue weighted by atomic mass is 15.1. The lowest BCUT2D eigenvalue weighted by Crippen LogP contribution is -2.01. The predicted octanol–water partition coefficient (Wildman–Crippen LogP) is 30.1. The Hall–Kier alpha value is -17.3. The minimum absolute atomic E-state index is 0.585. The van der Waals surface area contributed by atoms with E-state index in [0.29, 0.717) is 34.9 Å². The summed E-state index contributed by atoms with van der Waals surface area (Å²) in [6.07, 6.45) is 0. The molecule has 0 aliphatic rings. The van der Waals surface area contributed by atoms with E-state index in [9.17, 15) is 0 Å². The number of benzene rings is 20. The zero-order valence-electron chi connectivity index (χ0n) is 69.0. The van der Waals surface area contributed by atoms with Gasteiger partial charge in [-0.15, -0.1) is 0 Å². The average Bonchev–Trinajstić information content (AvgIpc) is 1.56. The molecule has 0 bridgehead atoms. The molecule has 0 saturated heterocycles. The van der Waals surface area contributed by atoms with Crippen molar-refractivity contribution in [2.45, 2.75) is 0 Å². The molecule has 0 N–H and O–H groups in total. The molecule has 20 aromatic carbocycles. The Morgan fingerprint density at radius 1 is 0.141 bits per heavy atom. The van der Waals surface area contributed by atoms with Crippen LogP contribution in [0.15, 0.2) is 437 Å². The summed E-state index contributed by atoms with van der Waals surface area (Å²) in [7, 11) is 0. The van der Waals surface area contributed by atoms with E-state index < -0.39 is 0 Å². The number of para-hydroxylation sites is 3. The summed E-state index contributed by atoms with van der Waals surface area (Å²) in [5.41, 5.74) is 25.3. The van der Waals surface area contributed by atoms with E-state index >= 15 is 0 Å². The molecule has 6 aromatic heterocycles. The third-order valence-electron chi connectivity index (χ3n) is 25.9. The second kappa shape index (κ2) is 29.2. The first-order valence-electron chi connectivity index (χ1n) is 43.5. The number of nitrogens with zero attached hydrogens (tertiary/aromatic N) is 10.